The van der Waals surface area contributed by atoms with E-state index in [0.717, 1.165) is 12.3 Å². The van der Waals surface area contributed by atoms with E-state index < -0.39 is 21.4 Å². The van der Waals surface area contributed by atoms with Crippen LogP contribution in [-0.4, -0.2) is 24.8 Å². The van der Waals surface area contributed by atoms with E-state index >= 15 is 0 Å². The van der Waals surface area contributed by atoms with Crippen molar-refractivity contribution in [2.45, 2.75) is 5.51 Å². The van der Waals surface area contributed by atoms with Crippen molar-refractivity contribution in [3.8, 4) is 0 Å². The van der Waals surface area contributed by atoms with Crippen LogP contribution < -0.4 is 5.11 Å². The summed E-state index contributed by atoms with van der Waals surface area (Å²) in [4.78, 5) is 3.44. The Hall–Kier alpha value is -1.64. The SMILES string of the molecule is O=S(=O)(/N=C(\[O-])c1cccnc1)C(F)(F)F. The summed E-state index contributed by atoms with van der Waals surface area (Å²) in [6.07, 6.45) is 2.19. The molecule has 0 radical (unpaired) electrons. The van der Waals surface area contributed by atoms with Crippen molar-refractivity contribution >= 4 is 15.9 Å². The van der Waals surface area contributed by atoms with Crippen LogP contribution in [-0.2, 0) is 10.0 Å². The monoisotopic (exact) mass is 253 g/mol. The van der Waals surface area contributed by atoms with Crippen molar-refractivity contribution in [2.75, 3.05) is 0 Å². The molecule has 5 nitrogen and oxygen atoms in total. The van der Waals surface area contributed by atoms with E-state index in [1.165, 1.54) is 12.3 Å². The van der Waals surface area contributed by atoms with Gasteiger partial charge in [-0.1, -0.05) is 6.07 Å². The van der Waals surface area contributed by atoms with E-state index in [0.29, 0.717) is 0 Å². The normalized spacial score (nSPS) is 13.8. The molecule has 0 aromatic carbocycles. The average molecular weight is 253 g/mol. The van der Waals surface area contributed by atoms with E-state index in [2.05, 4.69) is 9.38 Å². The van der Waals surface area contributed by atoms with Crippen molar-refractivity contribution in [2.24, 2.45) is 4.40 Å². The Morgan fingerprint density at radius 2 is 2.06 bits per heavy atom. The maximum atomic E-state index is 11.9. The quantitative estimate of drug-likeness (QED) is 0.550. The van der Waals surface area contributed by atoms with Gasteiger partial charge in [0.1, 0.15) is 0 Å². The average Bonchev–Trinajstić information content (AvgIpc) is 2.16. The molecule has 1 rings (SSSR count). The Bertz CT molecular complexity index is 495. The van der Waals surface area contributed by atoms with Gasteiger partial charge in [0, 0.05) is 23.9 Å². The fraction of sp³-hybridized carbons (Fsp3) is 0.143. The van der Waals surface area contributed by atoms with Crippen LogP contribution in [0.25, 0.3) is 0 Å². The van der Waals surface area contributed by atoms with Gasteiger partial charge in [-0.25, -0.2) is 0 Å². The van der Waals surface area contributed by atoms with Crippen molar-refractivity contribution in [3.05, 3.63) is 30.1 Å². The molecule has 0 aliphatic rings. The van der Waals surface area contributed by atoms with Gasteiger partial charge in [0.05, 0.1) is 0 Å². The maximum Gasteiger partial charge on any atom is 0.518 e. The predicted octanol–water partition coefficient (Wildman–Crippen LogP) is 0.0381. The lowest BCUT2D eigenvalue weighted by Crippen LogP contribution is -2.27. The van der Waals surface area contributed by atoms with Gasteiger partial charge in [0.2, 0.25) is 0 Å². The van der Waals surface area contributed by atoms with Crippen LogP contribution in [0.5, 0.6) is 0 Å². The molecular weight excluding hydrogens is 249 g/mol. The number of aromatic nitrogens is 1. The molecule has 0 aliphatic heterocycles. The summed E-state index contributed by atoms with van der Waals surface area (Å²) in [5.41, 5.74) is -5.92. The van der Waals surface area contributed by atoms with E-state index in [-0.39, 0.29) is 5.56 Å². The van der Waals surface area contributed by atoms with Gasteiger partial charge < -0.3 is 5.11 Å². The zero-order valence-electron chi connectivity index (χ0n) is 7.47. The van der Waals surface area contributed by atoms with Crippen molar-refractivity contribution in [1.82, 2.24) is 4.98 Å². The summed E-state index contributed by atoms with van der Waals surface area (Å²) in [7, 11) is -5.80. The summed E-state index contributed by atoms with van der Waals surface area (Å²) in [6, 6.07) is 2.37. The Labute approximate surface area is 88.3 Å². The van der Waals surface area contributed by atoms with Crippen molar-refractivity contribution in [3.63, 3.8) is 0 Å². The number of nitrogens with zero attached hydrogens (tertiary/aromatic N) is 2. The third kappa shape index (κ3) is 2.69. The number of sulfonamides is 1. The second-order valence-corrected chi connectivity index (χ2v) is 4.15. The molecule has 0 unspecified atom stereocenters. The molecule has 0 saturated heterocycles. The molecule has 0 saturated carbocycles. The molecular formula is C7H4F3N2O3S-. The molecule has 0 N–H and O–H groups in total. The van der Waals surface area contributed by atoms with E-state index in [1.807, 2.05) is 0 Å². The lowest BCUT2D eigenvalue weighted by atomic mass is 10.3. The van der Waals surface area contributed by atoms with E-state index in [4.69, 9.17) is 0 Å². The highest BCUT2D eigenvalue weighted by Crippen LogP contribution is 2.24. The molecule has 16 heavy (non-hydrogen) atoms. The first-order valence-corrected chi connectivity index (χ1v) is 5.17. The van der Waals surface area contributed by atoms with Crippen LogP contribution in [0.2, 0.25) is 0 Å². The minimum atomic E-state index is -5.80. The third-order valence-electron chi connectivity index (χ3n) is 1.40. The number of pyridine rings is 1. The molecule has 0 aliphatic carbocycles. The van der Waals surface area contributed by atoms with Gasteiger partial charge >= 0.3 is 15.5 Å². The number of hydrogen-bond acceptors (Lipinski definition) is 4. The largest absolute Gasteiger partial charge is 0.858 e. The highest BCUT2D eigenvalue weighted by atomic mass is 32.2. The van der Waals surface area contributed by atoms with Gasteiger partial charge in [-0.05, 0) is 6.07 Å². The highest BCUT2D eigenvalue weighted by molar-refractivity contribution is 7.91. The summed E-state index contributed by atoms with van der Waals surface area (Å²) < 4.78 is 58.7. The molecule has 0 fully saturated rings. The number of halogens is 3. The summed E-state index contributed by atoms with van der Waals surface area (Å²) in [5.74, 6) is -1.51. The summed E-state index contributed by atoms with van der Waals surface area (Å²) in [5, 5.41) is 11.0. The van der Waals surface area contributed by atoms with Gasteiger partial charge in [-0.2, -0.15) is 26.0 Å². The maximum absolute atomic E-state index is 11.9. The first kappa shape index (κ1) is 12.4. The molecule has 88 valence electrons. The predicted molar refractivity (Wildman–Crippen MR) is 45.7 cm³/mol. The van der Waals surface area contributed by atoms with Crippen molar-refractivity contribution < 1.29 is 26.7 Å². The molecule has 0 bridgehead atoms. The second kappa shape index (κ2) is 4.08. The van der Waals surface area contributed by atoms with Gasteiger partial charge in [0.25, 0.3) is 0 Å². The highest BCUT2D eigenvalue weighted by Gasteiger charge is 2.45. The minimum absolute atomic E-state index is 0.338. The zero-order chi connectivity index (χ0) is 12.4. The van der Waals surface area contributed by atoms with Crippen LogP contribution in [0.1, 0.15) is 5.56 Å². The molecule has 9 heteroatoms. The molecule has 0 amide bonds. The lowest BCUT2D eigenvalue weighted by Gasteiger charge is -2.10. The Morgan fingerprint density at radius 1 is 1.44 bits per heavy atom. The van der Waals surface area contributed by atoms with Crippen LogP contribution in [0.15, 0.2) is 28.9 Å². The second-order valence-electron chi connectivity index (χ2n) is 2.56. The van der Waals surface area contributed by atoms with E-state index in [1.54, 1.807) is 0 Å². The van der Waals surface area contributed by atoms with Crippen LogP contribution >= 0.6 is 0 Å². The first-order valence-electron chi connectivity index (χ1n) is 3.73. The molecule has 1 aromatic heterocycles. The topological polar surface area (TPSA) is 82.5 Å². The fourth-order valence-corrected chi connectivity index (χ4v) is 1.13. The first-order chi connectivity index (χ1) is 7.24. The number of rotatable bonds is 2. The molecule has 1 aromatic rings. The fourth-order valence-electron chi connectivity index (χ4n) is 0.703. The summed E-state index contributed by atoms with van der Waals surface area (Å²) >= 11 is 0. The Kier molecular flexibility index (Phi) is 3.17. The van der Waals surface area contributed by atoms with Crippen molar-refractivity contribution in [1.29, 1.82) is 0 Å². The zero-order valence-corrected chi connectivity index (χ0v) is 8.29. The van der Waals surface area contributed by atoms with Gasteiger partial charge in [0.15, 0.2) is 0 Å². The van der Waals surface area contributed by atoms with E-state index in [9.17, 15) is 26.7 Å². The van der Waals surface area contributed by atoms with Crippen LogP contribution in [0.4, 0.5) is 13.2 Å². The Balaban J connectivity index is 3.13. The van der Waals surface area contributed by atoms with Gasteiger partial charge in [-0.15, -0.1) is 0 Å². The van der Waals surface area contributed by atoms with Gasteiger partial charge in [-0.3, -0.25) is 4.98 Å². The minimum Gasteiger partial charge on any atom is -0.858 e. The smallest absolute Gasteiger partial charge is 0.518 e. The van der Waals surface area contributed by atoms with Crippen LogP contribution in [0, 0.1) is 0 Å². The number of hydrogen-bond donors (Lipinski definition) is 0. The lowest BCUT2D eigenvalue weighted by molar-refractivity contribution is -0.212. The number of alkyl halides is 3. The van der Waals surface area contributed by atoms with Crippen LogP contribution in [0.3, 0.4) is 0 Å². The third-order valence-corrected chi connectivity index (χ3v) is 2.40. The molecule has 0 atom stereocenters. The molecule has 1 heterocycles. The summed E-state index contributed by atoms with van der Waals surface area (Å²) in [6.45, 7) is 0. The standard InChI is InChI=1S/C7H5F3N2O3S/c8-7(9,10)16(14,15)12-6(13)5-2-1-3-11-4-5/h1-4H,(H,12,13)/p-1. The Morgan fingerprint density at radius 3 is 2.50 bits per heavy atom. The molecule has 0 spiro atoms.